The first-order valence-corrected chi connectivity index (χ1v) is 5.90. The molecule has 0 heterocycles. The van der Waals surface area contributed by atoms with E-state index in [0.717, 1.165) is 0 Å². The molecule has 0 saturated heterocycles. The van der Waals surface area contributed by atoms with Crippen molar-refractivity contribution in [1.29, 1.82) is 0 Å². The number of rotatable bonds is 7. The SMILES string of the molecule is COc1ccc(C(N)=O)cc1NC(C)CCC(=O)O. The summed E-state index contributed by atoms with van der Waals surface area (Å²) in [7, 11) is 1.52. The molecule has 6 nitrogen and oxygen atoms in total. The zero-order chi connectivity index (χ0) is 14.4. The van der Waals surface area contributed by atoms with Crippen molar-refractivity contribution in [3.63, 3.8) is 0 Å². The maximum atomic E-state index is 11.1. The summed E-state index contributed by atoms with van der Waals surface area (Å²) in [6.07, 6.45) is 0.547. The van der Waals surface area contributed by atoms with Gasteiger partial charge in [-0.25, -0.2) is 0 Å². The number of carboxylic acid groups (broad SMARTS) is 1. The van der Waals surface area contributed by atoms with Crippen LogP contribution in [0.5, 0.6) is 5.75 Å². The summed E-state index contributed by atoms with van der Waals surface area (Å²) in [5.74, 6) is -0.789. The summed E-state index contributed by atoms with van der Waals surface area (Å²) in [5, 5.41) is 11.7. The molecule has 1 amide bonds. The predicted octanol–water partition coefficient (Wildman–Crippen LogP) is 1.46. The van der Waals surface area contributed by atoms with Crippen LogP contribution in [-0.2, 0) is 4.79 Å². The van der Waals surface area contributed by atoms with Crippen LogP contribution in [0.25, 0.3) is 0 Å². The Labute approximate surface area is 111 Å². The van der Waals surface area contributed by atoms with Gasteiger partial charge in [-0.1, -0.05) is 0 Å². The zero-order valence-electron chi connectivity index (χ0n) is 11.0. The minimum atomic E-state index is -0.841. The van der Waals surface area contributed by atoms with Gasteiger partial charge in [-0.05, 0) is 31.5 Å². The lowest BCUT2D eigenvalue weighted by Crippen LogP contribution is -2.18. The van der Waals surface area contributed by atoms with Crippen LogP contribution in [0, 0.1) is 0 Å². The summed E-state index contributed by atoms with van der Waals surface area (Å²) in [6.45, 7) is 1.86. The van der Waals surface area contributed by atoms with Crippen LogP contribution in [0.15, 0.2) is 18.2 Å². The Hall–Kier alpha value is -2.24. The Morgan fingerprint density at radius 3 is 2.68 bits per heavy atom. The highest BCUT2D eigenvalue weighted by atomic mass is 16.5. The van der Waals surface area contributed by atoms with Crippen LogP contribution in [0.2, 0.25) is 0 Å². The van der Waals surface area contributed by atoms with Crippen molar-refractivity contribution >= 4 is 17.6 Å². The summed E-state index contributed by atoms with van der Waals surface area (Å²) in [6, 6.07) is 4.76. The molecular formula is C13H18N2O4. The fourth-order valence-electron chi connectivity index (χ4n) is 1.65. The molecule has 1 atom stereocenters. The van der Waals surface area contributed by atoms with Gasteiger partial charge in [0.25, 0.3) is 0 Å². The molecule has 4 N–H and O–H groups in total. The van der Waals surface area contributed by atoms with E-state index in [1.807, 2.05) is 6.92 Å². The summed E-state index contributed by atoms with van der Waals surface area (Å²) in [4.78, 5) is 21.6. The van der Waals surface area contributed by atoms with Gasteiger partial charge < -0.3 is 20.9 Å². The number of carboxylic acids is 1. The minimum Gasteiger partial charge on any atom is -0.495 e. The first-order chi connectivity index (χ1) is 8.93. The van der Waals surface area contributed by atoms with Crippen molar-refractivity contribution in [2.75, 3.05) is 12.4 Å². The van der Waals surface area contributed by atoms with E-state index >= 15 is 0 Å². The van der Waals surface area contributed by atoms with Crippen molar-refractivity contribution in [2.45, 2.75) is 25.8 Å². The highest BCUT2D eigenvalue weighted by molar-refractivity contribution is 5.94. The highest BCUT2D eigenvalue weighted by Gasteiger charge is 2.11. The van der Waals surface area contributed by atoms with Gasteiger partial charge in [0, 0.05) is 18.0 Å². The largest absolute Gasteiger partial charge is 0.495 e. The van der Waals surface area contributed by atoms with Crippen molar-refractivity contribution < 1.29 is 19.4 Å². The summed E-state index contributed by atoms with van der Waals surface area (Å²) >= 11 is 0. The van der Waals surface area contributed by atoms with E-state index in [1.165, 1.54) is 7.11 Å². The Morgan fingerprint density at radius 2 is 2.16 bits per heavy atom. The van der Waals surface area contributed by atoms with Crippen LogP contribution >= 0.6 is 0 Å². The number of carbonyl (C=O) groups is 2. The van der Waals surface area contributed by atoms with Gasteiger partial charge in [0.15, 0.2) is 0 Å². The fourth-order valence-corrected chi connectivity index (χ4v) is 1.65. The monoisotopic (exact) mass is 266 g/mol. The first kappa shape index (κ1) is 14.8. The fraction of sp³-hybridized carbons (Fsp3) is 0.385. The third-order valence-corrected chi connectivity index (χ3v) is 2.68. The molecule has 104 valence electrons. The quantitative estimate of drug-likeness (QED) is 0.693. The number of ether oxygens (including phenoxy) is 1. The Balaban J connectivity index is 2.82. The second kappa shape index (κ2) is 6.63. The van der Waals surface area contributed by atoms with Gasteiger partial charge in [0.05, 0.1) is 12.8 Å². The number of carbonyl (C=O) groups excluding carboxylic acids is 1. The van der Waals surface area contributed by atoms with Crippen molar-refractivity contribution in [1.82, 2.24) is 0 Å². The van der Waals surface area contributed by atoms with Crippen LogP contribution < -0.4 is 15.8 Å². The lowest BCUT2D eigenvalue weighted by molar-refractivity contribution is -0.137. The number of nitrogens with two attached hydrogens (primary N) is 1. The van der Waals surface area contributed by atoms with Gasteiger partial charge in [-0.3, -0.25) is 9.59 Å². The molecule has 0 aliphatic heterocycles. The Kier molecular flexibility index (Phi) is 5.17. The maximum Gasteiger partial charge on any atom is 0.303 e. The number of hydrogen-bond donors (Lipinski definition) is 3. The molecule has 1 aromatic rings. The average Bonchev–Trinajstić information content (AvgIpc) is 2.36. The molecule has 0 bridgehead atoms. The van der Waals surface area contributed by atoms with Crippen molar-refractivity contribution in [2.24, 2.45) is 5.73 Å². The third-order valence-electron chi connectivity index (χ3n) is 2.68. The Morgan fingerprint density at radius 1 is 1.47 bits per heavy atom. The zero-order valence-corrected chi connectivity index (χ0v) is 11.0. The normalized spacial score (nSPS) is 11.7. The molecule has 0 radical (unpaired) electrons. The number of hydrogen-bond acceptors (Lipinski definition) is 4. The van der Waals surface area contributed by atoms with Crippen LogP contribution in [0.4, 0.5) is 5.69 Å². The van der Waals surface area contributed by atoms with Gasteiger partial charge in [-0.15, -0.1) is 0 Å². The molecule has 1 rings (SSSR count). The van der Waals surface area contributed by atoms with Crippen molar-refractivity contribution in [3.8, 4) is 5.75 Å². The highest BCUT2D eigenvalue weighted by Crippen LogP contribution is 2.26. The first-order valence-electron chi connectivity index (χ1n) is 5.90. The Bertz CT molecular complexity index is 474. The smallest absolute Gasteiger partial charge is 0.303 e. The topological polar surface area (TPSA) is 102 Å². The van der Waals surface area contributed by atoms with Gasteiger partial charge in [0.1, 0.15) is 5.75 Å². The van der Waals surface area contributed by atoms with E-state index in [2.05, 4.69) is 5.32 Å². The molecule has 0 fully saturated rings. The van der Waals surface area contributed by atoms with Gasteiger partial charge in [-0.2, -0.15) is 0 Å². The molecule has 0 aliphatic carbocycles. The maximum absolute atomic E-state index is 11.1. The van der Waals surface area contributed by atoms with Crippen molar-refractivity contribution in [3.05, 3.63) is 23.8 Å². The molecule has 0 aliphatic rings. The second-order valence-corrected chi connectivity index (χ2v) is 4.26. The number of aliphatic carboxylic acids is 1. The van der Waals surface area contributed by atoms with Gasteiger partial charge in [0.2, 0.25) is 5.91 Å². The second-order valence-electron chi connectivity index (χ2n) is 4.26. The molecule has 6 heteroatoms. The lowest BCUT2D eigenvalue weighted by atomic mass is 10.1. The van der Waals surface area contributed by atoms with E-state index in [9.17, 15) is 9.59 Å². The summed E-state index contributed by atoms with van der Waals surface area (Å²) in [5.41, 5.74) is 6.21. The lowest BCUT2D eigenvalue weighted by Gasteiger charge is -2.17. The number of primary amides is 1. The van der Waals surface area contributed by atoms with E-state index in [4.69, 9.17) is 15.6 Å². The van der Waals surface area contributed by atoms with Crippen LogP contribution in [0.3, 0.4) is 0 Å². The van der Waals surface area contributed by atoms with E-state index in [-0.39, 0.29) is 12.5 Å². The standard InChI is InChI=1S/C13H18N2O4/c1-8(3-6-12(16)17)15-10-7-9(13(14)18)4-5-11(10)19-2/h4-5,7-8,15H,3,6H2,1-2H3,(H2,14,18)(H,16,17). The van der Waals surface area contributed by atoms with Crippen LogP contribution in [-0.4, -0.2) is 30.1 Å². The number of methoxy groups -OCH3 is 1. The summed E-state index contributed by atoms with van der Waals surface area (Å²) < 4.78 is 5.18. The average molecular weight is 266 g/mol. The van der Waals surface area contributed by atoms with Crippen LogP contribution in [0.1, 0.15) is 30.1 Å². The molecule has 19 heavy (non-hydrogen) atoms. The molecular weight excluding hydrogens is 248 g/mol. The molecule has 1 aromatic carbocycles. The molecule has 0 spiro atoms. The molecule has 0 aromatic heterocycles. The molecule has 1 unspecified atom stereocenters. The number of nitrogens with one attached hydrogen (secondary N) is 1. The molecule has 0 saturated carbocycles. The third kappa shape index (κ3) is 4.50. The van der Waals surface area contributed by atoms with E-state index in [0.29, 0.717) is 23.4 Å². The minimum absolute atomic E-state index is 0.0619. The van der Waals surface area contributed by atoms with E-state index in [1.54, 1.807) is 18.2 Å². The number of anilines is 1. The predicted molar refractivity (Wildman–Crippen MR) is 71.5 cm³/mol. The van der Waals surface area contributed by atoms with Gasteiger partial charge >= 0.3 is 5.97 Å². The number of amides is 1. The van der Waals surface area contributed by atoms with E-state index < -0.39 is 11.9 Å². The number of benzene rings is 1.